The van der Waals surface area contributed by atoms with Gasteiger partial charge in [0.2, 0.25) is 10.0 Å². The Morgan fingerprint density at radius 2 is 1.82 bits per heavy atom. The molecule has 0 aliphatic heterocycles. The summed E-state index contributed by atoms with van der Waals surface area (Å²) in [6.07, 6.45) is 9.27. The Bertz CT molecular complexity index is 2090. The first kappa shape index (κ1) is 39.1. The number of nitrogens with zero attached hydrogens (tertiary/aromatic N) is 1. The van der Waals surface area contributed by atoms with E-state index in [9.17, 15) is 18.3 Å². The highest BCUT2D eigenvalue weighted by atomic mass is 35.5. The number of carbonyl (C=O) groups is 1. The second kappa shape index (κ2) is 16.5. The van der Waals surface area contributed by atoms with Gasteiger partial charge in [0.1, 0.15) is 23.6 Å². The number of hydrogen-bond acceptors (Lipinski definition) is 7. The highest BCUT2D eigenvalue weighted by molar-refractivity contribution is 7.88. The van der Waals surface area contributed by atoms with E-state index in [2.05, 4.69) is 41.0 Å². The molecule has 3 aromatic carbocycles. The van der Waals surface area contributed by atoms with Crippen LogP contribution in [0.4, 0.5) is 5.69 Å². The number of carboxylic acid groups (broad SMARTS) is 1. The first-order chi connectivity index (χ1) is 26.5. The molecule has 3 N–H and O–H groups in total. The number of anilines is 1. The molecule has 3 aliphatic carbocycles. The summed E-state index contributed by atoms with van der Waals surface area (Å²) in [5.74, 6) is 1.65. The summed E-state index contributed by atoms with van der Waals surface area (Å²) >= 11 is 6.29. The van der Waals surface area contributed by atoms with E-state index in [1.54, 1.807) is 24.3 Å². The minimum atomic E-state index is -3.52. The Morgan fingerprint density at radius 3 is 2.58 bits per heavy atom. The zero-order valence-corrected chi connectivity index (χ0v) is 33.3. The van der Waals surface area contributed by atoms with Gasteiger partial charge in [0, 0.05) is 34.7 Å². The van der Waals surface area contributed by atoms with Gasteiger partial charge in [-0.1, -0.05) is 67.9 Å². The smallest absolute Gasteiger partial charge is 0.329 e. The second-order valence-corrected chi connectivity index (χ2v) is 18.2. The summed E-state index contributed by atoms with van der Waals surface area (Å²) in [5, 5.41) is 14.6. The summed E-state index contributed by atoms with van der Waals surface area (Å²) in [5.41, 5.74) is 4.94. The number of carboxylic acids is 1. The number of ether oxygens (including phenoxy) is 2. The van der Waals surface area contributed by atoms with Crippen molar-refractivity contribution in [1.82, 2.24) is 9.71 Å². The molecule has 7 rings (SSSR count). The zero-order valence-electron chi connectivity index (χ0n) is 31.7. The molecule has 3 aliphatic rings. The minimum absolute atomic E-state index is 0.0893. The van der Waals surface area contributed by atoms with E-state index in [0.29, 0.717) is 54.7 Å². The predicted octanol–water partition coefficient (Wildman–Crippen LogP) is 8.70. The average Bonchev–Trinajstić information content (AvgIpc) is 3.44. The van der Waals surface area contributed by atoms with E-state index < -0.39 is 21.5 Å². The molecule has 3 atom stereocenters. The average molecular weight is 786 g/mol. The van der Waals surface area contributed by atoms with E-state index in [0.717, 1.165) is 49.1 Å². The van der Waals surface area contributed by atoms with Crippen molar-refractivity contribution in [3.05, 3.63) is 118 Å². The van der Waals surface area contributed by atoms with Gasteiger partial charge in [-0.3, -0.25) is 4.98 Å². The number of pyridine rings is 1. The van der Waals surface area contributed by atoms with Crippen LogP contribution in [0, 0.1) is 11.8 Å². The van der Waals surface area contributed by atoms with Crippen LogP contribution in [0.2, 0.25) is 5.02 Å². The monoisotopic (exact) mass is 785 g/mol. The molecule has 1 saturated carbocycles. The zero-order chi connectivity index (χ0) is 38.6. The molecule has 1 aromatic heterocycles. The molecule has 4 aromatic rings. The molecule has 0 amide bonds. The third kappa shape index (κ3) is 8.82. The normalized spacial score (nSPS) is 23.8. The van der Waals surface area contributed by atoms with Gasteiger partial charge >= 0.3 is 5.97 Å². The van der Waals surface area contributed by atoms with Gasteiger partial charge in [0.25, 0.3) is 0 Å². The van der Waals surface area contributed by atoms with Crippen LogP contribution in [0.1, 0.15) is 92.7 Å². The molecular weight excluding hydrogens is 734 g/mol. The van der Waals surface area contributed by atoms with Gasteiger partial charge in [0.05, 0.1) is 12.4 Å². The molecule has 1 fully saturated rings. The lowest BCUT2D eigenvalue weighted by Crippen LogP contribution is -2.53. The van der Waals surface area contributed by atoms with E-state index in [1.165, 1.54) is 16.7 Å². The standard InChI is InChI=1S/C44H52ClN3O6S/c1-30(28-54-40-16-21-46-39-13-6-8-31(2)41(39)40)24-34-25-33-14-15-37(53-23-22-47-55(51,52)29-32-9-4-3-5-10-32)27-38(33)43(34)17-19-44(20-18-43,42(49)50)48-36-12-7-11-35(45)26-36/h3-5,7,9-12,14-16,21,26-27,30-31,34,47-48H,6,8,13,17-20,22-25,28-29H2,1-2H3,(H,49,50)/t30-,31-,34+,43?,44?/m1/s1. The summed E-state index contributed by atoms with van der Waals surface area (Å²) in [6, 6.07) is 24.6. The fourth-order valence-corrected chi connectivity index (χ4v) is 10.7. The van der Waals surface area contributed by atoms with Gasteiger partial charge in [-0.2, -0.15) is 0 Å². The van der Waals surface area contributed by atoms with Crippen LogP contribution in [0.25, 0.3) is 0 Å². The van der Waals surface area contributed by atoms with Crippen LogP contribution >= 0.6 is 11.6 Å². The molecule has 0 unspecified atom stereocenters. The predicted molar refractivity (Wildman–Crippen MR) is 217 cm³/mol. The Hall–Kier alpha value is -4.12. The van der Waals surface area contributed by atoms with Crippen molar-refractivity contribution in [2.45, 2.75) is 94.3 Å². The lowest BCUT2D eigenvalue weighted by Gasteiger charge is -2.47. The largest absolute Gasteiger partial charge is 0.493 e. The van der Waals surface area contributed by atoms with Crippen molar-refractivity contribution < 1.29 is 27.8 Å². The molecule has 11 heteroatoms. The van der Waals surface area contributed by atoms with Crippen molar-refractivity contribution in [3.63, 3.8) is 0 Å². The molecule has 55 heavy (non-hydrogen) atoms. The van der Waals surface area contributed by atoms with Crippen molar-refractivity contribution in [2.75, 3.05) is 25.1 Å². The minimum Gasteiger partial charge on any atom is -0.493 e. The van der Waals surface area contributed by atoms with Gasteiger partial charge in [-0.15, -0.1) is 0 Å². The van der Waals surface area contributed by atoms with E-state index in [1.807, 2.05) is 48.7 Å². The number of nitrogens with one attached hydrogen (secondary N) is 2. The lowest BCUT2D eigenvalue weighted by atomic mass is 9.59. The van der Waals surface area contributed by atoms with E-state index in [-0.39, 0.29) is 36.2 Å². The first-order valence-electron chi connectivity index (χ1n) is 19.6. The van der Waals surface area contributed by atoms with Crippen molar-refractivity contribution >= 4 is 33.3 Å². The lowest BCUT2D eigenvalue weighted by molar-refractivity contribution is -0.144. The van der Waals surface area contributed by atoms with Gasteiger partial charge in [-0.25, -0.2) is 17.9 Å². The number of aryl methyl sites for hydroxylation is 1. The first-order valence-corrected chi connectivity index (χ1v) is 21.6. The Kier molecular flexibility index (Phi) is 11.8. The topological polar surface area (TPSA) is 127 Å². The maximum atomic E-state index is 13.0. The van der Waals surface area contributed by atoms with Crippen molar-refractivity contribution in [1.29, 1.82) is 0 Å². The fourth-order valence-electron chi connectivity index (χ4n) is 9.38. The van der Waals surface area contributed by atoms with Crippen LogP contribution in [0.5, 0.6) is 11.5 Å². The Balaban J connectivity index is 1.08. The number of sulfonamides is 1. The molecule has 1 heterocycles. The fraction of sp³-hybridized carbons (Fsp3) is 0.455. The SMILES string of the molecule is C[C@@H](COc1ccnc2c1[C@H](C)CCC2)C[C@H]1Cc2ccc(OCCNS(=O)(=O)Cc3ccccc3)cc2C12CCC(Nc1cccc(Cl)c1)(C(=O)O)CC2. The van der Waals surface area contributed by atoms with Gasteiger partial charge in [-0.05, 0) is 134 Å². The molecular formula is C44H52ClN3O6S. The summed E-state index contributed by atoms with van der Waals surface area (Å²) in [7, 11) is -3.52. The maximum Gasteiger partial charge on any atom is 0.329 e. The number of halogens is 1. The number of aliphatic carboxylic acids is 1. The summed E-state index contributed by atoms with van der Waals surface area (Å²) < 4.78 is 40.8. The van der Waals surface area contributed by atoms with Crippen LogP contribution in [-0.2, 0) is 38.8 Å². The third-order valence-corrected chi connectivity index (χ3v) is 13.8. The number of aromatic nitrogens is 1. The molecule has 0 bridgehead atoms. The van der Waals surface area contributed by atoms with Gasteiger partial charge in [0.15, 0.2) is 0 Å². The number of rotatable bonds is 15. The van der Waals surface area contributed by atoms with Crippen molar-refractivity contribution in [2.24, 2.45) is 11.8 Å². The highest BCUT2D eigenvalue weighted by Crippen LogP contribution is 2.57. The molecule has 292 valence electrons. The van der Waals surface area contributed by atoms with Gasteiger partial charge < -0.3 is 19.9 Å². The highest BCUT2D eigenvalue weighted by Gasteiger charge is 2.54. The third-order valence-electron chi connectivity index (χ3n) is 12.2. The summed E-state index contributed by atoms with van der Waals surface area (Å²) in [6.45, 7) is 5.44. The second-order valence-electron chi connectivity index (χ2n) is 16.0. The van der Waals surface area contributed by atoms with E-state index >= 15 is 0 Å². The van der Waals surface area contributed by atoms with Crippen LogP contribution in [-0.4, -0.2) is 49.8 Å². The van der Waals surface area contributed by atoms with Crippen molar-refractivity contribution in [3.8, 4) is 11.5 Å². The van der Waals surface area contributed by atoms with Crippen LogP contribution < -0.4 is 19.5 Å². The van der Waals surface area contributed by atoms with E-state index in [4.69, 9.17) is 21.1 Å². The number of benzene rings is 3. The Morgan fingerprint density at radius 1 is 1.02 bits per heavy atom. The Labute approximate surface area is 330 Å². The van der Waals surface area contributed by atoms with Crippen LogP contribution in [0.15, 0.2) is 85.1 Å². The molecule has 0 saturated heterocycles. The summed E-state index contributed by atoms with van der Waals surface area (Å²) in [4.78, 5) is 17.7. The molecule has 0 radical (unpaired) electrons. The quantitative estimate of drug-likeness (QED) is 0.102. The number of hydrogen-bond donors (Lipinski definition) is 3. The number of fused-ring (bicyclic) bond motifs is 3. The maximum absolute atomic E-state index is 13.0. The molecule has 1 spiro atoms. The van der Waals surface area contributed by atoms with Crippen LogP contribution in [0.3, 0.4) is 0 Å². The molecule has 9 nitrogen and oxygen atoms in total.